The first-order valence-corrected chi connectivity index (χ1v) is 7.84. The normalized spacial score (nSPS) is 26.1. The molecule has 1 aliphatic carbocycles. The number of aromatic nitrogens is 1. The van der Waals surface area contributed by atoms with E-state index in [9.17, 15) is 9.50 Å². The highest BCUT2D eigenvalue weighted by molar-refractivity contribution is 5.08. The molecule has 1 aromatic heterocycles. The van der Waals surface area contributed by atoms with Crippen LogP contribution < -0.4 is 5.32 Å². The average Bonchev–Trinajstić information content (AvgIpc) is 2.93. The number of pyridine rings is 1. The van der Waals surface area contributed by atoms with E-state index >= 15 is 0 Å². The number of aliphatic hydroxyl groups is 1. The fourth-order valence-electron chi connectivity index (χ4n) is 3.54. The zero-order chi connectivity index (χ0) is 14.7. The Labute approximate surface area is 124 Å². The second-order valence-electron chi connectivity index (χ2n) is 6.25. The van der Waals surface area contributed by atoms with Crippen LogP contribution in [-0.2, 0) is 4.74 Å². The molecule has 0 radical (unpaired) electrons. The molecule has 1 saturated carbocycles. The van der Waals surface area contributed by atoms with Crippen LogP contribution >= 0.6 is 0 Å². The van der Waals surface area contributed by atoms with Gasteiger partial charge in [-0.05, 0) is 37.8 Å². The Hall–Kier alpha value is -1.04. The number of nitrogens with one attached hydrogen (secondary N) is 1. The summed E-state index contributed by atoms with van der Waals surface area (Å²) in [7, 11) is 0. The van der Waals surface area contributed by atoms with Crippen molar-refractivity contribution < 1.29 is 14.2 Å². The summed E-state index contributed by atoms with van der Waals surface area (Å²) in [5, 5.41) is 13.5. The van der Waals surface area contributed by atoms with E-state index in [-0.39, 0.29) is 11.4 Å². The van der Waals surface area contributed by atoms with Gasteiger partial charge in [0.05, 0.1) is 17.5 Å². The van der Waals surface area contributed by atoms with Crippen LogP contribution in [-0.4, -0.2) is 34.9 Å². The van der Waals surface area contributed by atoms with E-state index < -0.39 is 6.10 Å². The number of hydrogen-bond donors (Lipinski definition) is 2. The summed E-state index contributed by atoms with van der Waals surface area (Å²) >= 11 is 0. The van der Waals surface area contributed by atoms with Crippen LogP contribution in [0.5, 0.6) is 0 Å². The Kier molecular flexibility index (Phi) is 4.52. The average molecular weight is 294 g/mol. The molecule has 4 nitrogen and oxygen atoms in total. The molecule has 21 heavy (non-hydrogen) atoms. The Morgan fingerprint density at radius 3 is 2.95 bits per heavy atom. The molecule has 2 heterocycles. The van der Waals surface area contributed by atoms with Gasteiger partial charge in [-0.25, -0.2) is 4.39 Å². The highest BCUT2D eigenvalue weighted by Crippen LogP contribution is 2.39. The second kappa shape index (κ2) is 6.38. The van der Waals surface area contributed by atoms with Gasteiger partial charge in [0.1, 0.15) is 11.9 Å². The standard InChI is InChI=1S/C16H23FN2O2/c17-12-3-4-14(19-10-12)15(20)11-18-13-5-8-21-16(9-13)6-1-2-7-16/h3-4,10,13,15,18,20H,1-2,5-9,11H2. The molecule has 1 spiro atoms. The van der Waals surface area contributed by atoms with E-state index in [4.69, 9.17) is 4.74 Å². The lowest BCUT2D eigenvalue weighted by molar-refractivity contribution is -0.0844. The van der Waals surface area contributed by atoms with E-state index in [2.05, 4.69) is 10.3 Å². The van der Waals surface area contributed by atoms with E-state index in [0.717, 1.165) is 38.5 Å². The van der Waals surface area contributed by atoms with Crippen molar-refractivity contribution in [2.75, 3.05) is 13.2 Å². The van der Waals surface area contributed by atoms with Crippen LogP contribution in [0, 0.1) is 5.82 Å². The largest absolute Gasteiger partial charge is 0.385 e. The molecule has 0 amide bonds. The van der Waals surface area contributed by atoms with Gasteiger partial charge in [-0.2, -0.15) is 0 Å². The summed E-state index contributed by atoms with van der Waals surface area (Å²) in [4.78, 5) is 3.92. The van der Waals surface area contributed by atoms with Gasteiger partial charge >= 0.3 is 0 Å². The number of halogens is 1. The molecule has 2 N–H and O–H groups in total. The summed E-state index contributed by atoms with van der Waals surface area (Å²) in [6, 6.07) is 3.24. The summed E-state index contributed by atoms with van der Waals surface area (Å²) in [5.74, 6) is -0.383. The smallest absolute Gasteiger partial charge is 0.141 e. The van der Waals surface area contributed by atoms with Crippen molar-refractivity contribution in [1.82, 2.24) is 10.3 Å². The fraction of sp³-hybridized carbons (Fsp3) is 0.688. The van der Waals surface area contributed by atoms with Gasteiger partial charge in [0, 0.05) is 19.2 Å². The van der Waals surface area contributed by atoms with Gasteiger partial charge in [-0.1, -0.05) is 12.8 Å². The third-order valence-corrected chi connectivity index (χ3v) is 4.70. The monoisotopic (exact) mass is 294 g/mol. The summed E-state index contributed by atoms with van der Waals surface area (Å²) in [6.07, 6.45) is 7.28. The van der Waals surface area contributed by atoms with Crippen molar-refractivity contribution in [3.05, 3.63) is 29.8 Å². The zero-order valence-electron chi connectivity index (χ0n) is 12.2. The number of hydrogen-bond acceptors (Lipinski definition) is 4. The number of nitrogens with zero attached hydrogens (tertiary/aromatic N) is 1. The molecule has 1 aliphatic heterocycles. The predicted octanol–water partition coefficient (Wildman–Crippen LogP) is 2.34. The van der Waals surface area contributed by atoms with Gasteiger partial charge < -0.3 is 15.2 Å². The lowest BCUT2D eigenvalue weighted by Crippen LogP contribution is -2.46. The van der Waals surface area contributed by atoms with Crippen LogP contribution in [0.4, 0.5) is 4.39 Å². The third-order valence-electron chi connectivity index (χ3n) is 4.70. The van der Waals surface area contributed by atoms with E-state index in [1.807, 2.05) is 0 Å². The van der Waals surface area contributed by atoms with E-state index in [1.165, 1.54) is 25.0 Å². The molecular weight excluding hydrogens is 271 g/mol. The molecule has 2 aliphatic rings. The van der Waals surface area contributed by atoms with Gasteiger partial charge in [-0.3, -0.25) is 4.98 Å². The van der Waals surface area contributed by atoms with Crippen molar-refractivity contribution in [3.63, 3.8) is 0 Å². The lowest BCUT2D eigenvalue weighted by Gasteiger charge is -2.39. The van der Waals surface area contributed by atoms with Crippen LogP contribution in [0.25, 0.3) is 0 Å². The Balaban J connectivity index is 1.51. The molecular formula is C16H23FN2O2. The Morgan fingerprint density at radius 1 is 1.43 bits per heavy atom. The first kappa shape index (κ1) is 14.9. The van der Waals surface area contributed by atoms with Crippen molar-refractivity contribution >= 4 is 0 Å². The second-order valence-corrected chi connectivity index (χ2v) is 6.25. The number of aliphatic hydroxyl groups excluding tert-OH is 1. The van der Waals surface area contributed by atoms with Crippen molar-refractivity contribution in [2.45, 2.75) is 56.3 Å². The maximum atomic E-state index is 12.8. The van der Waals surface area contributed by atoms with E-state index in [0.29, 0.717) is 18.3 Å². The van der Waals surface area contributed by atoms with Crippen LogP contribution in [0.1, 0.15) is 50.3 Å². The Bertz CT molecular complexity index is 460. The fourth-order valence-corrected chi connectivity index (χ4v) is 3.54. The first-order valence-electron chi connectivity index (χ1n) is 7.84. The summed E-state index contributed by atoms with van der Waals surface area (Å²) in [6.45, 7) is 1.24. The quantitative estimate of drug-likeness (QED) is 0.895. The Morgan fingerprint density at radius 2 is 2.24 bits per heavy atom. The molecule has 116 valence electrons. The van der Waals surface area contributed by atoms with Gasteiger partial charge in [-0.15, -0.1) is 0 Å². The van der Waals surface area contributed by atoms with Gasteiger partial charge in [0.25, 0.3) is 0 Å². The van der Waals surface area contributed by atoms with Gasteiger partial charge in [0.2, 0.25) is 0 Å². The zero-order valence-corrected chi connectivity index (χ0v) is 12.2. The van der Waals surface area contributed by atoms with Crippen molar-refractivity contribution in [1.29, 1.82) is 0 Å². The lowest BCUT2D eigenvalue weighted by atomic mass is 9.89. The highest BCUT2D eigenvalue weighted by Gasteiger charge is 2.39. The molecule has 1 aromatic rings. The molecule has 1 saturated heterocycles. The van der Waals surface area contributed by atoms with Crippen molar-refractivity contribution in [2.24, 2.45) is 0 Å². The molecule has 0 aromatic carbocycles. The molecule has 3 rings (SSSR count). The first-order chi connectivity index (χ1) is 10.2. The number of rotatable bonds is 4. The van der Waals surface area contributed by atoms with Crippen LogP contribution in [0.2, 0.25) is 0 Å². The molecule has 2 fully saturated rings. The SMILES string of the molecule is OC(CNC1CCOC2(CCCC2)C1)c1ccc(F)cn1. The molecule has 2 atom stereocenters. The van der Waals surface area contributed by atoms with Crippen LogP contribution in [0.15, 0.2) is 18.3 Å². The third kappa shape index (κ3) is 3.59. The van der Waals surface area contributed by atoms with Crippen molar-refractivity contribution in [3.8, 4) is 0 Å². The minimum atomic E-state index is -0.701. The molecule has 0 bridgehead atoms. The van der Waals surface area contributed by atoms with Crippen LogP contribution in [0.3, 0.4) is 0 Å². The maximum Gasteiger partial charge on any atom is 0.141 e. The minimum Gasteiger partial charge on any atom is -0.385 e. The van der Waals surface area contributed by atoms with E-state index in [1.54, 1.807) is 0 Å². The topological polar surface area (TPSA) is 54.4 Å². The minimum absolute atomic E-state index is 0.0784. The molecule has 5 heteroatoms. The predicted molar refractivity (Wildman–Crippen MR) is 77.3 cm³/mol. The summed E-state index contributed by atoms with van der Waals surface area (Å²) in [5.41, 5.74) is 0.584. The molecule has 2 unspecified atom stereocenters. The maximum absolute atomic E-state index is 12.8. The van der Waals surface area contributed by atoms with Gasteiger partial charge in [0.15, 0.2) is 0 Å². The highest BCUT2D eigenvalue weighted by atomic mass is 19.1. The summed E-state index contributed by atoms with van der Waals surface area (Å²) < 4.78 is 18.8. The number of ether oxygens (including phenoxy) is 1.